The minimum atomic E-state index is -3.65. The van der Waals surface area contributed by atoms with Crippen molar-refractivity contribution in [2.45, 2.75) is 36.5 Å². The Morgan fingerprint density at radius 2 is 1.81 bits per heavy atom. The van der Waals surface area contributed by atoms with E-state index in [9.17, 15) is 8.42 Å². The molecule has 3 aliphatic rings. The van der Waals surface area contributed by atoms with Crippen LogP contribution in [0.15, 0.2) is 34.2 Å². The molecule has 2 bridgehead atoms. The summed E-state index contributed by atoms with van der Waals surface area (Å²) in [6.45, 7) is 2.58. The second kappa shape index (κ2) is 7.61. The van der Waals surface area contributed by atoms with Crippen LogP contribution in [0.5, 0.6) is 0 Å². The lowest BCUT2D eigenvalue weighted by Gasteiger charge is -2.23. The quantitative estimate of drug-likeness (QED) is 0.375. The monoisotopic (exact) mass is 492 g/mol. The number of primary sulfonamides is 1. The normalized spacial score (nSPS) is 30.2. The van der Waals surface area contributed by atoms with Crippen molar-refractivity contribution >= 4 is 40.0 Å². The van der Waals surface area contributed by atoms with Gasteiger partial charge in [0.05, 0.1) is 17.1 Å². The van der Waals surface area contributed by atoms with E-state index in [1.807, 2.05) is 0 Å². The highest BCUT2D eigenvalue weighted by molar-refractivity contribution is 14.0. The van der Waals surface area contributed by atoms with Crippen molar-refractivity contribution in [1.29, 1.82) is 0 Å². The summed E-state index contributed by atoms with van der Waals surface area (Å²) in [6, 6.07) is 6.61. The summed E-state index contributed by atoms with van der Waals surface area (Å²) in [5.41, 5.74) is 0.983. The van der Waals surface area contributed by atoms with Crippen LogP contribution >= 0.6 is 24.0 Å². The molecule has 0 spiro atoms. The zero-order chi connectivity index (χ0) is 17.6. The van der Waals surface area contributed by atoms with Gasteiger partial charge in [-0.3, -0.25) is 4.99 Å². The zero-order valence-corrected chi connectivity index (χ0v) is 17.8. The van der Waals surface area contributed by atoms with E-state index in [0.717, 1.165) is 24.6 Å². The second-order valence-corrected chi connectivity index (χ2v) is 8.67. The Bertz CT molecular complexity index is 766. The number of nitrogens with zero attached hydrogens (tertiary/aromatic N) is 2. The van der Waals surface area contributed by atoms with E-state index in [1.165, 1.54) is 25.0 Å². The van der Waals surface area contributed by atoms with Crippen LogP contribution in [0.4, 0.5) is 0 Å². The lowest BCUT2D eigenvalue weighted by molar-refractivity contribution is 0.0767. The van der Waals surface area contributed by atoms with E-state index in [2.05, 4.69) is 15.2 Å². The minimum absolute atomic E-state index is 0. The second-order valence-electron chi connectivity index (χ2n) is 7.11. The smallest absolute Gasteiger partial charge is 0.238 e. The van der Waals surface area contributed by atoms with E-state index in [4.69, 9.17) is 9.88 Å². The Morgan fingerprint density at radius 3 is 2.31 bits per heavy atom. The molecule has 4 rings (SSSR count). The zero-order valence-electron chi connectivity index (χ0n) is 14.7. The molecule has 1 aromatic carbocycles. The molecule has 0 aromatic heterocycles. The fourth-order valence-electron chi connectivity index (χ4n) is 4.44. The summed E-state index contributed by atoms with van der Waals surface area (Å²) in [5.74, 6) is 2.15. The molecule has 3 fully saturated rings. The first kappa shape index (κ1) is 19.8. The molecule has 1 aromatic rings. The molecule has 3 saturated heterocycles. The van der Waals surface area contributed by atoms with Gasteiger partial charge in [-0.25, -0.2) is 13.6 Å². The fraction of sp³-hybridized carbons (Fsp3) is 0.588. The molecule has 0 saturated carbocycles. The summed E-state index contributed by atoms with van der Waals surface area (Å²) >= 11 is 0. The van der Waals surface area contributed by atoms with Crippen LogP contribution < -0.4 is 10.5 Å². The van der Waals surface area contributed by atoms with Crippen molar-refractivity contribution in [3.63, 3.8) is 0 Å². The van der Waals surface area contributed by atoms with Crippen molar-refractivity contribution in [2.75, 3.05) is 20.1 Å². The summed E-state index contributed by atoms with van der Waals surface area (Å²) in [6.07, 6.45) is 3.26. The lowest BCUT2D eigenvalue weighted by atomic mass is 9.82. The lowest BCUT2D eigenvalue weighted by Crippen LogP contribution is -2.41. The number of rotatable bonds is 3. The molecule has 144 valence electrons. The van der Waals surface area contributed by atoms with Gasteiger partial charge in [-0.15, -0.1) is 24.0 Å². The third-order valence-electron chi connectivity index (χ3n) is 5.67. The van der Waals surface area contributed by atoms with Gasteiger partial charge in [0.1, 0.15) is 0 Å². The predicted molar refractivity (Wildman–Crippen MR) is 110 cm³/mol. The van der Waals surface area contributed by atoms with Crippen LogP contribution in [0.3, 0.4) is 0 Å². The first-order chi connectivity index (χ1) is 12.0. The van der Waals surface area contributed by atoms with Gasteiger partial charge < -0.3 is 15.0 Å². The molecule has 4 atom stereocenters. The minimum Gasteiger partial charge on any atom is -0.374 e. The number of nitrogens with one attached hydrogen (secondary N) is 1. The Kier molecular flexibility index (Phi) is 5.80. The van der Waals surface area contributed by atoms with E-state index in [-0.39, 0.29) is 28.9 Å². The summed E-state index contributed by atoms with van der Waals surface area (Å²) in [7, 11) is -1.85. The molecule has 0 amide bonds. The summed E-state index contributed by atoms with van der Waals surface area (Å²) in [5, 5.41) is 8.51. The van der Waals surface area contributed by atoms with Crippen molar-refractivity contribution in [2.24, 2.45) is 22.0 Å². The number of hydrogen-bond acceptors (Lipinski definition) is 4. The number of halogens is 1. The number of aliphatic imine (C=N–C) groups is 1. The topological polar surface area (TPSA) is 97.0 Å². The van der Waals surface area contributed by atoms with Gasteiger partial charge in [0.15, 0.2) is 5.96 Å². The molecule has 4 unspecified atom stereocenters. The Labute approximate surface area is 171 Å². The number of nitrogens with two attached hydrogens (primary N) is 1. The largest absolute Gasteiger partial charge is 0.374 e. The number of sulfonamides is 1. The van der Waals surface area contributed by atoms with Gasteiger partial charge in [0.25, 0.3) is 0 Å². The van der Waals surface area contributed by atoms with Crippen LogP contribution in [0, 0.1) is 11.8 Å². The fourth-order valence-corrected chi connectivity index (χ4v) is 4.96. The molecule has 26 heavy (non-hydrogen) atoms. The average Bonchev–Trinajstić information content (AvgIpc) is 3.28. The number of guanidine groups is 1. The third-order valence-corrected chi connectivity index (χ3v) is 6.60. The molecule has 7 nitrogen and oxygen atoms in total. The number of likely N-dealkylation sites (tertiary alicyclic amines) is 1. The van der Waals surface area contributed by atoms with Gasteiger partial charge in [-0.1, -0.05) is 12.1 Å². The summed E-state index contributed by atoms with van der Waals surface area (Å²) in [4.78, 5) is 6.86. The van der Waals surface area contributed by atoms with Crippen molar-refractivity contribution < 1.29 is 13.2 Å². The third kappa shape index (κ3) is 3.71. The maximum atomic E-state index is 11.3. The van der Waals surface area contributed by atoms with Crippen LogP contribution in [0.2, 0.25) is 0 Å². The first-order valence-corrected chi connectivity index (χ1v) is 10.2. The van der Waals surface area contributed by atoms with E-state index < -0.39 is 10.0 Å². The van der Waals surface area contributed by atoms with Gasteiger partial charge >= 0.3 is 0 Å². The van der Waals surface area contributed by atoms with Crippen LogP contribution in [0.25, 0.3) is 0 Å². The van der Waals surface area contributed by atoms with Gasteiger partial charge in [0.2, 0.25) is 10.0 Å². The van der Waals surface area contributed by atoms with Crippen LogP contribution in [-0.2, 0) is 21.3 Å². The van der Waals surface area contributed by atoms with Crippen LogP contribution in [0.1, 0.15) is 18.4 Å². The average molecular weight is 492 g/mol. The predicted octanol–water partition coefficient (Wildman–Crippen LogP) is 1.14. The van der Waals surface area contributed by atoms with Crippen molar-refractivity contribution in [3.8, 4) is 0 Å². The van der Waals surface area contributed by atoms with E-state index in [1.54, 1.807) is 19.2 Å². The highest BCUT2D eigenvalue weighted by Crippen LogP contribution is 2.47. The van der Waals surface area contributed by atoms with Gasteiger partial charge in [0, 0.05) is 38.5 Å². The number of benzene rings is 1. The van der Waals surface area contributed by atoms with Crippen molar-refractivity contribution in [1.82, 2.24) is 10.2 Å². The van der Waals surface area contributed by atoms with Gasteiger partial charge in [-0.2, -0.15) is 0 Å². The number of ether oxygens (including phenoxy) is 1. The molecule has 9 heteroatoms. The molecule has 0 radical (unpaired) electrons. The molecule has 3 N–H and O–H groups in total. The van der Waals surface area contributed by atoms with Crippen LogP contribution in [-0.4, -0.2) is 51.6 Å². The highest BCUT2D eigenvalue weighted by atomic mass is 127. The SMILES string of the molecule is CN=C(NCc1ccc(S(N)(=O)=O)cc1)N1CC2C3CCC(O3)C2C1.I. The molecular formula is C17H25IN4O3S. The number of hydrogen-bond donors (Lipinski definition) is 2. The molecule has 3 heterocycles. The van der Waals surface area contributed by atoms with Gasteiger partial charge in [-0.05, 0) is 30.5 Å². The van der Waals surface area contributed by atoms with E-state index >= 15 is 0 Å². The summed E-state index contributed by atoms with van der Waals surface area (Å²) < 4.78 is 28.6. The number of fused-ring (bicyclic) bond motifs is 5. The molecular weight excluding hydrogens is 467 g/mol. The standard InChI is InChI=1S/C17H24N4O3S.HI/c1-19-17(20-8-11-2-4-12(5-3-11)25(18,22)23)21-9-13-14(10-21)16-7-6-15(13)24-16;/h2-5,13-16H,6-10H2,1H3,(H,19,20)(H2,18,22,23);1H. The first-order valence-electron chi connectivity index (χ1n) is 8.68. The maximum Gasteiger partial charge on any atom is 0.238 e. The molecule has 3 aliphatic heterocycles. The Balaban J connectivity index is 0.00000196. The van der Waals surface area contributed by atoms with Crippen molar-refractivity contribution in [3.05, 3.63) is 29.8 Å². The highest BCUT2D eigenvalue weighted by Gasteiger charge is 2.53. The molecule has 0 aliphatic carbocycles. The Hall–Kier alpha value is -0.910. The Morgan fingerprint density at radius 1 is 1.23 bits per heavy atom. The maximum absolute atomic E-state index is 11.3. The van der Waals surface area contributed by atoms with E-state index in [0.29, 0.717) is 30.6 Å².